The summed E-state index contributed by atoms with van der Waals surface area (Å²) >= 11 is 3.60. The topological polar surface area (TPSA) is 65.7 Å². The Labute approximate surface area is 229 Å². The molecule has 0 aliphatic heterocycles. The van der Waals surface area contributed by atoms with Crippen molar-refractivity contribution in [1.29, 1.82) is 0 Å². The third-order valence-corrected chi connectivity index (χ3v) is 7.29. The predicted octanol–water partition coefficient (Wildman–Crippen LogP) is 7.21. The molecule has 4 aromatic rings. The lowest BCUT2D eigenvalue weighted by molar-refractivity contribution is 0.267. The Morgan fingerprint density at radius 2 is 1.84 bits per heavy atom. The van der Waals surface area contributed by atoms with Crippen LogP contribution in [0.25, 0.3) is 10.9 Å². The van der Waals surface area contributed by atoms with Gasteiger partial charge in [0.2, 0.25) is 0 Å². The number of ether oxygens (including phenoxy) is 2. The smallest absolute Gasteiger partial charge is 0.282 e. The van der Waals surface area contributed by atoms with E-state index in [0.717, 1.165) is 36.8 Å². The van der Waals surface area contributed by atoms with Crippen molar-refractivity contribution in [3.63, 3.8) is 0 Å². The quantitative estimate of drug-likeness (QED) is 0.207. The van der Waals surface area contributed by atoms with Crippen molar-refractivity contribution in [1.82, 2.24) is 9.66 Å². The fourth-order valence-electron chi connectivity index (χ4n) is 4.80. The van der Waals surface area contributed by atoms with Crippen LogP contribution in [-0.2, 0) is 6.61 Å². The van der Waals surface area contributed by atoms with Crippen molar-refractivity contribution in [2.75, 3.05) is 6.61 Å². The number of benzene rings is 3. The van der Waals surface area contributed by atoms with Gasteiger partial charge < -0.3 is 9.47 Å². The van der Waals surface area contributed by atoms with Gasteiger partial charge in [0.25, 0.3) is 5.56 Å². The van der Waals surface area contributed by atoms with Crippen LogP contribution in [0.1, 0.15) is 61.9 Å². The third-order valence-electron chi connectivity index (χ3n) is 6.70. The Morgan fingerprint density at radius 1 is 1.08 bits per heavy atom. The average Bonchev–Trinajstić information content (AvgIpc) is 2.93. The lowest BCUT2D eigenvalue weighted by Crippen LogP contribution is -2.25. The normalized spacial score (nSPS) is 14.3. The minimum absolute atomic E-state index is 0.171. The van der Waals surface area contributed by atoms with E-state index in [4.69, 9.17) is 14.5 Å². The van der Waals surface area contributed by atoms with Gasteiger partial charge in [-0.05, 0) is 83.2 Å². The van der Waals surface area contributed by atoms with Crippen molar-refractivity contribution < 1.29 is 13.9 Å². The van der Waals surface area contributed by atoms with Crippen molar-refractivity contribution in [3.05, 3.63) is 98.3 Å². The second-order valence-electron chi connectivity index (χ2n) is 9.36. The Morgan fingerprint density at radius 3 is 2.61 bits per heavy atom. The van der Waals surface area contributed by atoms with Gasteiger partial charge in [0.05, 0.1) is 28.2 Å². The molecule has 1 heterocycles. The molecule has 196 valence electrons. The van der Waals surface area contributed by atoms with Crippen molar-refractivity contribution >= 4 is 33.0 Å². The number of nitrogens with zero attached hydrogens (tertiary/aromatic N) is 3. The SMILES string of the molecule is CCOc1cc(C=Nn2c(C3CCCCC3)nc3ccccc3c2=O)cc(Br)c1OCc1ccc(F)cc1. The highest BCUT2D eigenvalue weighted by Gasteiger charge is 2.22. The van der Waals surface area contributed by atoms with Crippen LogP contribution in [0.5, 0.6) is 11.5 Å². The fraction of sp³-hybridized carbons (Fsp3) is 0.300. The Balaban J connectivity index is 1.48. The maximum Gasteiger partial charge on any atom is 0.282 e. The van der Waals surface area contributed by atoms with Crippen LogP contribution in [0.15, 0.2) is 75.0 Å². The zero-order valence-electron chi connectivity index (χ0n) is 21.2. The summed E-state index contributed by atoms with van der Waals surface area (Å²) in [6, 6.07) is 17.3. The molecule has 3 aromatic carbocycles. The van der Waals surface area contributed by atoms with E-state index in [1.807, 2.05) is 37.3 Å². The molecule has 1 fully saturated rings. The van der Waals surface area contributed by atoms with E-state index >= 15 is 0 Å². The molecule has 38 heavy (non-hydrogen) atoms. The molecule has 0 saturated heterocycles. The molecule has 1 saturated carbocycles. The molecule has 0 radical (unpaired) electrons. The summed E-state index contributed by atoms with van der Waals surface area (Å²) in [5.41, 5.74) is 2.11. The van der Waals surface area contributed by atoms with Crippen LogP contribution >= 0.6 is 15.9 Å². The van der Waals surface area contributed by atoms with Gasteiger partial charge in [-0.15, -0.1) is 0 Å². The fourth-order valence-corrected chi connectivity index (χ4v) is 5.38. The molecule has 0 atom stereocenters. The zero-order chi connectivity index (χ0) is 26.5. The van der Waals surface area contributed by atoms with Gasteiger partial charge >= 0.3 is 0 Å². The van der Waals surface area contributed by atoms with Gasteiger partial charge in [-0.1, -0.05) is 43.5 Å². The molecule has 8 heteroatoms. The molecule has 0 N–H and O–H groups in total. The molecule has 0 spiro atoms. The predicted molar refractivity (Wildman–Crippen MR) is 151 cm³/mol. The maximum atomic E-state index is 13.5. The molecule has 6 nitrogen and oxygen atoms in total. The largest absolute Gasteiger partial charge is 0.490 e. The van der Waals surface area contributed by atoms with Crippen molar-refractivity contribution in [3.8, 4) is 11.5 Å². The number of para-hydroxylation sites is 1. The van der Waals surface area contributed by atoms with Crippen LogP contribution in [-0.4, -0.2) is 22.5 Å². The Bertz CT molecular complexity index is 1510. The van der Waals surface area contributed by atoms with Crippen molar-refractivity contribution in [2.24, 2.45) is 5.10 Å². The lowest BCUT2D eigenvalue weighted by atomic mass is 9.88. The number of aromatic nitrogens is 2. The van der Waals surface area contributed by atoms with E-state index in [1.165, 1.54) is 23.2 Å². The first-order valence-corrected chi connectivity index (χ1v) is 13.7. The first-order chi connectivity index (χ1) is 18.5. The number of halogens is 2. The van der Waals surface area contributed by atoms with Gasteiger partial charge in [-0.2, -0.15) is 9.78 Å². The second-order valence-corrected chi connectivity index (χ2v) is 10.2. The number of hydrogen-bond donors (Lipinski definition) is 0. The summed E-state index contributed by atoms with van der Waals surface area (Å²) in [4.78, 5) is 18.4. The second kappa shape index (κ2) is 11.9. The van der Waals surface area contributed by atoms with Gasteiger partial charge in [0.15, 0.2) is 11.5 Å². The standard InChI is InChI=1S/C30H29BrFN3O3/c1-2-37-27-17-21(16-25(31)28(27)38-19-20-12-14-23(32)15-13-20)18-33-35-29(22-8-4-3-5-9-22)34-26-11-7-6-10-24(26)30(35)36/h6-7,10-18,22H,2-5,8-9,19H2,1H3. The molecule has 1 aromatic heterocycles. The highest BCUT2D eigenvalue weighted by Crippen LogP contribution is 2.37. The zero-order valence-corrected chi connectivity index (χ0v) is 22.8. The van der Waals surface area contributed by atoms with Gasteiger partial charge in [-0.3, -0.25) is 4.79 Å². The van der Waals surface area contributed by atoms with Crippen LogP contribution in [0.3, 0.4) is 0 Å². The minimum atomic E-state index is -0.291. The van der Waals surface area contributed by atoms with Crippen LogP contribution in [0.4, 0.5) is 4.39 Å². The van der Waals surface area contributed by atoms with E-state index < -0.39 is 0 Å². The monoisotopic (exact) mass is 577 g/mol. The van der Waals surface area contributed by atoms with Crippen LogP contribution in [0, 0.1) is 5.82 Å². The molecule has 0 unspecified atom stereocenters. The van der Waals surface area contributed by atoms with Crippen LogP contribution in [0.2, 0.25) is 0 Å². The first kappa shape index (κ1) is 26.1. The summed E-state index contributed by atoms with van der Waals surface area (Å²) in [6.45, 7) is 2.60. The highest BCUT2D eigenvalue weighted by atomic mass is 79.9. The van der Waals surface area contributed by atoms with E-state index in [-0.39, 0.29) is 23.9 Å². The Hall–Kier alpha value is -3.52. The third kappa shape index (κ3) is 5.80. The number of fused-ring (bicyclic) bond motifs is 1. The van der Waals surface area contributed by atoms with Crippen molar-refractivity contribution in [2.45, 2.75) is 51.6 Å². The molecule has 0 bridgehead atoms. The summed E-state index contributed by atoms with van der Waals surface area (Å²) in [5, 5.41) is 5.19. The maximum absolute atomic E-state index is 13.5. The molecule has 1 aliphatic carbocycles. The number of hydrogen-bond acceptors (Lipinski definition) is 5. The summed E-state index contributed by atoms with van der Waals surface area (Å²) < 4.78 is 27.3. The average molecular weight is 578 g/mol. The van der Waals surface area contributed by atoms with E-state index in [2.05, 4.69) is 21.0 Å². The van der Waals surface area contributed by atoms with E-state index in [0.29, 0.717) is 39.3 Å². The van der Waals surface area contributed by atoms with E-state index in [9.17, 15) is 9.18 Å². The summed E-state index contributed by atoms with van der Waals surface area (Å²) in [5.74, 6) is 1.71. The van der Waals surface area contributed by atoms with Gasteiger partial charge in [0, 0.05) is 5.92 Å². The molecule has 0 amide bonds. The first-order valence-electron chi connectivity index (χ1n) is 12.9. The molecular formula is C30H29BrFN3O3. The molecular weight excluding hydrogens is 549 g/mol. The Kier molecular flexibility index (Phi) is 8.17. The van der Waals surface area contributed by atoms with Gasteiger partial charge in [0.1, 0.15) is 18.2 Å². The highest BCUT2D eigenvalue weighted by molar-refractivity contribution is 9.10. The molecule has 1 aliphatic rings. The number of rotatable bonds is 8. The molecule has 5 rings (SSSR count). The summed E-state index contributed by atoms with van der Waals surface area (Å²) in [7, 11) is 0. The summed E-state index contributed by atoms with van der Waals surface area (Å²) in [6.07, 6.45) is 7.12. The van der Waals surface area contributed by atoms with Crippen LogP contribution < -0.4 is 15.0 Å². The van der Waals surface area contributed by atoms with Gasteiger partial charge in [-0.25, -0.2) is 9.37 Å². The lowest BCUT2D eigenvalue weighted by Gasteiger charge is -2.22. The van der Waals surface area contributed by atoms with E-state index in [1.54, 1.807) is 24.4 Å². The minimum Gasteiger partial charge on any atom is -0.490 e.